The molecule has 22 heavy (non-hydrogen) atoms. The molecule has 5 heteroatoms. The lowest BCUT2D eigenvalue weighted by atomic mass is 10.1. The van der Waals surface area contributed by atoms with Crippen molar-refractivity contribution in [2.24, 2.45) is 0 Å². The van der Waals surface area contributed by atoms with Crippen molar-refractivity contribution in [1.82, 2.24) is 0 Å². The van der Waals surface area contributed by atoms with Crippen molar-refractivity contribution in [3.05, 3.63) is 53.1 Å². The van der Waals surface area contributed by atoms with E-state index >= 15 is 0 Å². The van der Waals surface area contributed by atoms with Gasteiger partial charge in [0.25, 0.3) is 0 Å². The van der Waals surface area contributed by atoms with Gasteiger partial charge in [0.15, 0.2) is 9.84 Å². The molecule has 0 fully saturated rings. The molecule has 1 amide bonds. The fourth-order valence-corrected chi connectivity index (χ4v) is 3.30. The average molecular weight is 315 g/mol. The first-order chi connectivity index (χ1) is 10.3. The number of sulfone groups is 1. The highest BCUT2D eigenvalue weighted by Gasteiger charge is 2.29. The third kappa shape index (κ3) is 2.41. The van der Waals surface area contributed by atoms with Gasteiger partial charge >= 0.3 is 0 Å². The predicted molar refractivity (Wildman–Crippen MR) is 86.3 cm³/mol. The van der Waals surface area contributed by atoms with Crippen LogP contribution < -0.4 is 4.90 Å². The molecule has 114 valence electrons. The monoisotopic (exact) mass is 315 g/mol. The van der Waals surface area contributed by atoms with E-state index in [2.05, 4.69) is 0 Å². The maximum atomic E-state index is 12.4. The molecule has 2 aromatic rings. The molecule has 4 nitrogen and oxygen atoms in total. The standard InChI is InChI=1S/C17H17NO3S/c1-11-4-6-14(8-12(11)2)18-16-10-15(22(3,20)21)7-5-13(16)9-17(18)19/h4-8,10H,9H2,1-3H3. The van der Waals surface area contributed by atoms with Gasteiger partial charge in [-0.1, -0.05) is 12.1 Å². The zero-order chi connectivity index (χ0) is 16.1. The largest absolute Gasteiger partial charge is 0.280 e. The van der Waals surface area contributed by atoms with E-state index in [1.165, 1.54) is 6.26 Å². The normalized spacial score (nSPS) is 14.3. The second-order valence-electron chi connectivity index (χ2n) is 5.74. The zero-order valence-electron chi connectivity index (χ0n) is 12.8. The van der Waals surface area contributed by atoms with Crippen LogP contribution in [0.25, 0.3) is 0 Å². The smallest absolute Gasteiger partial charge is 0.236 e. The molecule has 0 radical (unpaired) electrons. The number of fused-ring (bicyclic) bond motifs is 1. The van der Waals surface area contributed by atoms with Gasteiger partial charge in [0, 0.05) is 11.9 Å². The number of hydrogen-bond acceptors (Lipinski definition) is 3. The Balaban J connectivity index is 2.16. The van der Waals surface area contributed by atoms with E-state index in [1.54, 1.807) is 23.1 Å². The van der Waals surface area contributed by atoms with Crippen LogP contribution in [0.3, 0.4) is 0 Å². The summed E-state index contributed by atoms with van der Waals surface area (Å²) in [6.07, 6.45) is 1.47. The molecule has 1 heterocycles. The minimum Gasteiger partial charge on any atom is -0.280 e. The molecule has 0 unspecified atom stereocenters. The molecule has 0 aromatic heterocycles. The summed E-state index contributed by atoms with van der Waals surface area (Å²) < 4.78 is 23.5. The first-order valence-corrected chi connectivity index (χ1v) is 8.90. The van der Waals surface area contributed by atoms with Crippen LogP contribution in [0.2, 0.25) is 0 Å². The Morgan fingerprint density at radius 3 is 2.36 bits per heavy atom. The second kappa shape index (κ2) is 4.95. The van der Waals surface area contributed by atoms with Crippen LogP contribution in [-0.2, 0) is 21.1 Å². The Morgan fingerprint density at radius 1 is 1.00 bits per heavy atom. The molecule has 1 aliphatic heterocycles. The fourth-order valence-electron chi connectivity index (χ4n) is 2.66. The predicted octanol–water partition coefficient (Wildman–Crippen LogP) is 2.93. The summed E-state index contributed by atoms with van der Waals surface area (Å²) in [6.45, 7) is 4.01. The van der Waals surface area contributed by atoms with Crippen molar-refractivity contribution >= 4 is 27.1 Å². The van der Waals surface area contributed by atoms with E-state index in [-0.39, 0.29) is 10.8 Å². The SMILES string of the molecule is Cc1ccc(N2C(=O)Cc3ccc(S(C)(=O)=O)cc32)cc1C. The highest BCUT2D eigenvalue weighted by atomic mass is 32.2. The maximum Gasteiger partial charge on any atom is 0.236 e. The maximum absolute atomic E-state index is 12.4. The number of aryl methyl sites for hydroxylation is 2. The Hall–Kier alpha value is -2.14. The van der Waals surface area contributed by atoms with Gasteiger partial charge in [-0.25, -0.2) is 8.42 Å². The van der Waals surface area contributed by atoms with Gasteiger partial charge in [-0.3, -0.25) is 9.69 Å². The Kier molecular flexibility index (Phi) is 3.33. The molecule has 0 bridgehead atoms. The molecule has 0 N–H and O–H groups in total. The summed E-state index contributed by atoms with van der Waals surface area (Å²) in [4.78, 5) is 14.2. The van der Waals surface area contributed by atoms with Gasteiger partial charge in [0.05, 0.1) is 17.0 Å². The molecule has 3 rings (SSSR count). The number of carbonyl (C=O) groups is 1. The molecule has 1 aliphatic rings. The molecule has 0 saturated heterocycles. The minimum atomic E-state index is -3.30. The van der Waals surface area contributed by atoms with Gasteiger partial charge in [-0.2, -0.15) is 0 Å². The van der Waals surface area contributed by atoms with Gasteiger partial charge in [0.1, 0.15) is 0 Å². The van der Waals surface area contributed by atoms with Crippen LogP contribution in [0.1, 0.15) is 16.7 Å². The summed E-state index contributed by atoms with van der Waals surface area (Å²) in [5.74, 6) is -0.0381. The lowest BCUT2D eigenvalue weighted by molar-refractivity contribution is -0.116. The number of carbonyl (C=O) groups excluding carboxylic acids is 1. The van der Waals surface area contributed by atoms with Crippen LogP contribution >= 0.6 is 0 Å². The Morgan fingerprint density at radius 2 is 1.73 bits per heavy atom. The Bertz CT molecular complexity index is 885. The fraction of sp³-hybridized carbons (Fsp3) is 0.235. The van der Waals surface area contributed by atoms with E-state index in [9.17, 15) is 13.2 Å². The van der Waals surface area contributed by atoms with E-state index in [0.717, 1.165) is 22.4 Å². The summed E-state index contributed by atoms with van der Waals surface area (Å²) in [6, 6.07) is 10.7. The number of amides is 1. The Labute approximate surface area is 130 Å². The first kappa shape index (κ1) is 14.8. The number of hydrogen-bond donors (Lipinski definition) is 0. The highest BCUT2D eigenvalue weighted by molar-refractivity contribution is 7.90. The van der Waals surface area contributed by atoms with Crippen LogP contribution in [-0.4, -0.2) is 20.6 Å². The first-order valence-electron chi connectivity index (χ1n) is 7.00. The molecule has 0 aliphatic carbocycles. The average Bonchev–Trinajstić information content (AvgIpc) is 2.76. The molecule has 2 aromatic carbocycles. The minimum absolute atomic E-state index is 0.0381. The van der Waals surface area contributed by atoms with Crippen LogP contribution in [0.5, 0.6) is 0 Å². The lowest BCUT2D eigenvalue weighted by Gasteiger charge is -2.19. The van der Waals surface area contributed by atoms with Crippen molar-refractivity contribution in [3.63, 3.8) is 0 Å². The third-order valence-electron chi connectivity index (χ3n) is 4.07. The molecular weight excluding hydrogens is 298 g/mol. The number of benzene rings is 2. The van der Waals surface area contributed by atoms with E-state index in [1.807, 2.05) is 32.0 Å². The van der Waals surface area contributed by atoms with Gasteiger partial charge < -0.3 is 0 Å². The van der Waals surface area contributed by atoms with E-state index in [4.69, 9.17) is 0 Å². The van der Waals surface area contributed by atoms with Crippen LogP contribution in [0.15, 0.2) is 41.3 Å². The van der Waals surface area contributed by atoms with Gasteiger partial charge in [-0.15, -0.1) is 0 Å². The summed E-state index contributed by atoms with van der Waals surface area (Å²) in [5, 5.41) is 0. The second-order valence-corrected chi connectivity index (χ2v) is 7.75. The molecule has 0 spiro atoms. The van der Waals surface area contributed by atoms with Gasteiger partial charge in [0.2, 0.25) is 5.91 Å². The number of anilines is 2. The zero-order valence-corrected chi connectivity index (χ0v) is 13.6. The summed E-state index contributed by atoms with van der Waals surface area (Å²) in [5.41, 5.74) is 4.54. The van der Waals surface area contributed by atoms with Crippen LogP contribution in [0, 0.1) is 13.8 Å². The molecule has 0 saturated carbocycles. The van der Waals surface area contributed by atoms with Crippen LogP contribution in [0.4, 0.5) is 11.4 Å². The van der Waals surface area contributed by atoms with Crippen molar-refractivity contribution in [1.29, 1.82) is 0 Å². The van der Waals surface area contributed by atoms with Crippen molar-refractivity contribution in [3.8, 4) is 0 Å². The summed E-state index contributed by atoms with van der Waals surface area (Å²) >= 11 is 0. The highest BCUT2D eigenvalue weighted by Crippen LogP contribution is 2.37. The van der Waals surface area contributed by atoms with Crippen molar-refractivity contribution in [2.75, 3.05) is 11.2 Å². The van der Waals surface area contributed by atoms with Gasteiger partial charge in [-0.05, 0) is 54.8 Å². The topological polar surface area (TPSA) is 54.5 Å². The van der Waals surface area contributed by atoms with E-state index in [0.29, 0.717) is 12.1 Å². The lowest BCUT2D eigenvalue weighted by Crippen LogP contribution is -2.21. The third-order valence-corrected chi connectivity index (χ3v) is 5.18. The summed E-state index contributed by atoms with van der Waals surface area (Å²) in [7, 11) is -3.30. The molecule has 0 atom stereocenters. The number of nitrogens with zero attached hydrogens (tertiary/aromatic N) is 1. The van der Waals surface area contributed by atoms with E-state index < -0.39 is 9.84 Å². The number of rotatable bonds is 2. The van der Waals surface area contributed by atoms with Crippen molar-refractivity contribution in [2.45, 2.75) is 25.2 Å². The molecular formula is C17H17NO3S. The van der Waals surface area contributed by atoms with Crippen molar-refractivity contribution < 1.29 is 13.2 Å². The quantitative estimate of drug-likeness (QED) is 0.856.